The Morgan fingerprint density at radius 1 is 1.31 bits per heavy atom. The standard InChI is InChI=1S/C14H18OS/c1-3-4-10-14(2,11-15)12-16-13-8-6-5-7-9-13/h3-9,11H,10,12H2,1-2H3/b4-3+. The number of hydrogen-bond acceptors (Lipinski definition) is 2. The highest BCUT2D eigenvalue weighted by Crippen LogP contribution is 2.29. The fourth-order valence-corrected chi connectivity index (χ4v) is 2.32. The second-order valence-electron chi connectivity index (χ2n) is 4.15. The highest BCUT2D eigenvalue weighted by Gasteiger charge is 2.22. The third-order valence-electron chi connectivity index (χ3n) is 2.42. The minimum Gasteiger partial charge on any atom is -0.303 e. The lowest BCUT2D eigenvalue weighted by atomic mass is 9.91. The molecule has 0 spiro atoms. The Balaban J connectivity index is 2.54. The van der Waals surface area contributed by atoms with Gasteiger partial charge in [0.25, 0.3) is 0 Å². The summed E-state index contributed by atoms with van der Waals surface area (Å²) in [4.78, 5) is 12.3. The molecular weight excluding hydrogens is 216 g/mol. The Hall–Kier alpha value is -1.02. The first-order valence-corrected chi connectivity index (χ1v) is 6.44. The lowest BCUT2D eigenvalue weighted by Gasteiger charge is -2.20. The van der Waals surface area contributed by atoms with Crippen molar-refractivity contribution in [1.29, 1.82) is 0 Å². The second kappa shape index (κ2) is 6.54. The van der Waals surface area contributed by atoms with Gasteiger partial charge in [-0.25, -0.2) is 0 Å². The molecule has 0 aliphatic heterocycles. The lowest BCUT2D eigenvalue weighted by Crippen LogP contribution is -2.20. The average molecular weight is 234 g/mol. The number of rotatable bonds is 6. The minimum atomic E-state index is -0.257. The zero-order valence-corrected chi connectivity index (χ0v) is 10.7. The predicted molar refractivity (Wildman–Crippen MR) is 70.8 cm³/mol. The number of aldehydes is 1. The summed E-state index contributed by atoms with van der Waals surface area (Å²) in [7, 11) is 0. The fraction of sp³-hybridized carbons (Fsp3) is 0.357. The monoisotopic (exact) mass is 234 g/mol. The Kier molecular flexibility index (Phi) is 5.33. The van der Waals surface area contributed by atoms with Gasteiger partial charge in [0.15, 0.2) is 0 Å². The molecule has 0 amide bonds. The van der Waals surface area contributed by atoms with Gasteiger partial charge in [-0.2, -0.15) is 0 Å². The Morgan fingerprint density at radius 2 is 2.00 bits per heavy atom. The molecule has 0 radical (unpaired) electrons. The van der Waals surface area contributed by atoms with E-state index in [0.717, 1.165) is 18.5 Å². The van der Waals surface area contributed by atoms with E-state index in [1.165, 1.54) is 4.90 Å². The maximum atomic E-state index is 11.1. The molecule has 0 bridgehead atoms. The van der Waals surface area contributed by atoms with Crippen LogP contribution in [0.25, 0.3) is 0 Å². The van der Waals surface area contributed by atoms with Gasteiger partial charge in [0, 0.05) is 16.1 Å². The molecule has 1 rings (SSSR count). The van der Waals surface area contributed by atoms with Crippen LogP contribution in [0, 0.1) is 5.41 Å². The number of carbonyl (C=O) groups excluding carboxylic acids is 1. The topological polar surface area (TPSA) is 17.1 Å². The van der Waals surface area contributed by atoms with Gasteiger partial charge in [-0.05, 0) is 25.5 Å². The summed E-state index contributed by atoms with van der Waals surface area (Å²) in [6, 6.07) is 10.2. The highest BCUT2D eigenvalue weighted by atomic mass is 32.2. The van der Waals surface area contributed by atoms with Crippen LogP contribution < -0.4 is 0 Å². The molecule has 0 heterocycles. The molecule has 16 heavy (non-hydrogen) atoms. The molecule has 0 N–H and O–H groups in total. The number of hydrogen-bond donors (Lipinski definition) is 0. The van der Waals surface area contributed by atoms with Crippen LogP contribution in [0.15, 0.2) is 47.4 Å². The van der Waals surface area contributed by atoms with Crippen LogP contribution in [0.4, 0.5) is 0 Å². The van der Waals surface area contributed by atoms with Crippen molar-refractivity contribution in [3.8, 4) is 0 Å². The molecule has 2 heteroatoms. The Labute approximate surface area is 102 Å². The largest absolute Gasteiger partial charge is 0.303 e. The molecular formula is C14H18OS. The van der Waals surface area contributed by atoms with Crippen molar-refractivity contribution in [3.05, 3.63) is 42.5 Å². The maximum absolute atomic E-state index is 11.1. The van der Waals surface area contributed by atoms with E-state index in [9.17, 15) is 4.79 Å². The highest BCUT2D eigenvalue weighted by molar-refractivity contribution is 7.99. The first-order chi connectivity index (χ1) is 7.70. The predicted octanol–water partition coefficient (Wildman–Crippen LogP) is 3.95. The zero-order valence-electron chi connectivity index (χ0n) is 9.85. The Morgan fingerprint density at radius 3 is 2.56 bits per heavy atom. The van der Waals surface area contributed by atoms with Crippen molar-refractivity contribution < 1.29 is 4.79 Å². The molecule has 0 fully saturated rings. The third kappa shape index (κ3) is 4.23. The van der Waals surface area contributed by atoms with Crippen LogP contribution in [-0.2, 0) is 4.79 Å². The first-order valence-electron chi connectivity index (χ1n) is 5.45. The van der Waals surface area contributed by atoms with Gasteiger partial charge in [0.2, 0.25) is 0 Å². The molecule has 86 valence electrons. The first kappa shape index (κ1) is 13.0. The second-order valence-corrected chi connectivity index (χ2v) is 5.20. The Bertz CT molecular complexity index is 345. The molecule has 0 saturated heterocycles. The van der Waals surface area contributed by atoms with Crippen molar-refractivity contribution in [2.75, 3.05) is 5.75 Å². The van der Waals surface area contributed by atoms with E-state index < -0.39 is 0 Å². The zero-order chi connectivity index (χ0) is 11.9. The van der Waals surface area contributed by atoms with Crippen molar-refractivity contribution in [3.63, 3.8) is 0 Å². The van der Waals surface area contributed by atoms with E-state index >= 15 is 0 Å². The van der Waals surface area contributed by atoms with Gasteiger partial charge < -0.3 is 4.79 Å². The summed E-state index contributed by atoms with van der Waals surface area (Å²) < 4.78 is 0. The number of benzene rings is 1. The van der Waals surface area contributed by atoms with E-state index in [1.54, 1.807) is 11.8 Å². The molecule has 1 aromatic carbocycles. The molecule has 1 atom stereocenters. The van der Waals surface area contributed by atoms with Crippen LogP contribution in [-0.4, -0.2) is 12.0 Å². The van der Waals surface area contributed by atoms with Gasteiger partial charge in [0.05, 0.1) is 0 Å². The summed E-state index contributed by atoms with van der Waals surface area (Å²) in [5.74, 6) is 0.824. The normalized spacial score (nSPS) is 14.9. The SMILES string of the molecule is C/C=C/CC(C)(C=O)CSc1ccccc1. The van der Waals surface area contributed by atoms with Crippen LogP contribution >= 0.6 is 11.8 Å². The molecule has 0 aliphatic carbocycles. The van der Waals surface area contributed by atoms with Crippen LogP contribution in [0.5, 0.6) is 0 Å². The smallest absolute Gasteiger partial charge is 0.127 e. The minimum absolute atomic E-state index is 0.257. The van der Waals surface area contributed by atoms with Gasteiger partial charge in [0.1, 0.15) is 6.29 Å². The van der Waals surface area contributed by atoms with Crippen LogP contribution in [0.2, 0.25) is 0 Å². The van der Waals surface area contributed by atoms with Crippen molar-refractivity contribution in [2.45, 2.75) is 25.2 Å². The summed E-state index contributed by atoms with van der Waals surface area (Å²) in [6.07, 6.45) is 5.94. The van der Waals surface area contributed by atoms with Crippen molar-refractivity contribution in [2.24, 2.45) is 5.41 Å². The van der Waals surface area contributed by atoms with Gasteiger partial charge >= 0.3 is 0 Å². The van der Waals surface area contributed by atoms with E-state index in [2.05, 4.69) is 18.2 Å². The average Bonchev–Trinajstić information content (AvgIpc) is 2.35. The summed E-state index contributed by atoms with van der Waals surface area (Å²) in [5.41, 5.74) is -0.257. The van der Waals surface area contributed by atoms with Crippen molar-refractivity contribution >= 4 is 18.0 Å². The van der Waals surface area contributed by atoms with Gasteiger partial charge in [-0.15, -0.1) is 11.8 Å². The molecule has 1 unspecified atom stereocenters. The summed E-state index contributed by atoms with van der Waals surface area (Å²) in [5, 5.41) is 0. The summed E-state index contributed by atoms with van der Waals surface area (Å²) in [6.45, 7) is 3.99. The quantitative estimate of drug-likeness (QED) is 0.421. The lowest BCUT2D eigenvalue weighted by molar-refractivity contribution is -0.114. The van der Waals surface area contributed by atoms with E-state index in [4.69, 9.17) is 0 Å². The van der Waals surface area contributed by atoms with Gasteiger partial charge in [-0.1, -0.05) is 37.3 Å². The third-order valence-corrected chi connectivity index (χ3v) is 3.83. The molecule has 1 nitrogen and oxygen atoms in total. The van der Waals surface area contributed by atoms with Crippen molar-refractivity contribution in [1.82, 2.24) is 0 Å². The molecule has 0 saturated carbocycles. The fourth-order valence-electron chi connectivity index (χ4n) is 1.29. The van der Waals surface area contributed by atoms with Gasteiger partial charge in [-0.3, -0.25) is 0 Å². The van der Waals surface area contributed by atoms with E-state index in [-0.39, 0.29) is 5.41 Å². The number of thioether (sulfide) groups is 1. The molecule has 1 aromatic rings. The molecule has 0 aromatic heterocycles. The van der Waals surface area contributed by atoms with Crippen LogP contribution in [0.3, 0.4) is 0 Å². The van der Waals surface area contributed by atoms with E-state index in [1.807, 2.05) is 38.1 Å². The number of carbonyl (C=O) groups is 1. The van der Waals surface area contributed by atoms with Crippen LogP contribution in [0.1, 0.15) is 20.3 Å². The maximum Gasteiger partial charge on any atom is 0.127 e. The molecule has 0 aliphatic rings. The van der Waals surface area contributed by atoms with E-state index in [0.29, 0.717) is 0 Å². The number of allylic oxidation sites excluding steroid dienone is 2. The summed E-state index contributed by atoms with van der Waals surface area (Å²) >= 11 is 1.74.